The van der Waals surface area contributed by atoms with Gasteiger partial charge >= 0.3 is 0 Å². The maximum atomic E-state index is 5.44. The van der Waals surface area contributed by atoms with E-state index in [0.29, 0.717) is 24.3 Å². The molecule has 1 atom stereocenters. The second-order valence-electron chi connectivity index (χ2n) is 6.28. The van der Waals surface area contributed by atoms with Gasteiger partial charge in [-0.25, -0.2) is 0 Å². The Balaban J connectivity index is 1.94. The van der Waals surface area contributed by atoms with Gasteiger partial charge in [0.2, 0.25) is 11.7 Å². The highest BCUT2D eigenvalue weighted by atomic mass is 16.5. The molecule has 5 nitrogen and oxygen atoms in total. The standard InChI is InChI=1S/C17H25N3O2/c1-12-8-6-7-9-14(12)16-19-15(22-20-16)11-18-13(2)10-17(3,4)21-5/h6-9,13,18H,10-11H2,1-5H3/t13-/m1/s1. The highest BCUT2D eigenvalue weighted by Crippen LogP contribution is 2.20. The molecule has 0 saturated carbocycles. The third-order valence-corrected chi connectivity index (χ3v) is 3.81. The maximum absolute atomic E-state index is 5.44. The van der Waals surface area contributed by atoms with E-state index in [9.17, 15) is 0 Å². The predicted octanol–water partition coefficient (Wildman–Crippen LogP) is 3.34. The number of ether oxygens (including phenoxy) is 1. The van der Waals surface area contributed by atoms with E-state index in [1.807, 2.05) is 31.2 Å². The fraction of sp³-hybridized carbons (Fsp3) is 0.529. The Bertz CT molecular complexity index is 607. The molecule has 0 amide bonds. The first-order valence-corrected chi connectivity index (χ1v) is 7.58. The van der Waals surface area contributed by atoms with E-state index in [1.165, 1.54) is 0 Å². The molecule has 120 valence electrons. The smallest absolute Gasteiger partial charge is 0.240 e. The number of hydrogen-bond donors (Lipinski definition) is 1. The molecule has 0 saturated heterocycles. The van der Waals surface area contributed by atoms with E-state index in [2.05, 4.69) is 36.2 Å². The van der Waals surface area contributed by atoms with Gasteiger partial charge in [-0.1, -0.05) is 29.4 Å². The van der Waals surface area contributed by atoms with Gasteiger partial charge in [-0.05, 0) is 39.7 Å². The summed E-state index contributed by atoms with van der Waals surface area (Å²) in [5.74, 6) is 1.24. The zero-order valence-electron chi connectivity index (χ0n) is 14.0. The Morgan fingerprint density at radius 3 is 2.73 bits per heavy atom. The van der Waals surface area contributed by atoms with Crippen molar-refractivity contribution in [3.05, 3.63) is 35.7 Å². The van der Waals surface area contributed by atoms with E-state index >= 15 is 0 Å². The van der Waals surface area contributed by atoms with Crippen molar-refractivity contribution in [2.45, 2.75) is 52.3 Å². The van der Waals surface area contributed by atoms with Gasteiger partial charge < -0.3 is 14.6 Å². The number of aromatic nitrogens is 2. The SMILES string of the molecule is COC(C)(C)C[C@@H](C)NCc1nc(-c2ccccc2C)no1. The number of methoxy groups -OCH3 is 1. The van der Waals surface area contributed by atoms with E-state index in [1.54, 1.807) is 7.11 Å². The second kappa shape index (κ2) is 7.03. The molecule has 2 aromatic rings. The monoisotopic (exact) mass is 303 g/mol. The molecule has 1 aromatic heterocycles. The lowest BCUT2D eigenvalue weighted by Crippen LogP contribution is -2.35. The van der Waals surface area contributed by atoms with Gasteiger partial charge in [-0.15, -0.1) is 0 Å². The van der Waals surface area contributed by atoms with Gasteiger partial charge in [-0.2, -0.15) is 4.98 Å². The van der Waals surface area contributed by atoms with Crippen LogP contribution in [0.1, 0.15) is 38.6 Å². The quantitative estimate of drug-likeness (QED) is 0.850. The number of benzene rings is 1. The molecule has 5 heteroatoms. The fourth-order valence-electron chi connectivity index (χ4n) is 2.41. The molecule has 0 spiro atoms. The summed E-state index contributed by atoms with van der Waals surface area (Å²) in [5, 5.41) is 7.46. The second-order valence-corrected chi connectivity index (χ2v) is 6.28. The number of hydrogen-bond acceptors (Lipinski definition) is 5. The van der Waals surface area contributed by atoms with Crippen LogP contribution in [-0.4, -0.2) is 28.9 Å². The lowest BCUT2D eigenvalue weighted by Gasteiger charge is -2.26. The summed E-state index contributed by atoms with van der Waals surface area (Å²) in [6.45, 7) is 8.88. The molecule has 22 heavy (non-hydrogen) atoms. The molecular formula is C17H25N3O2. The normalized spacial score (nSPS) is 13.3. The predicted molar refractivity (Wildman–Crippen MR) is 86.5 cm³/mol. The third-order valence-electron chi connectivity index (χ3n) is 3.81. The molecule has 0 aliphatic rings. The topological polar surface area (TPSA) is 60.2 Å². The molecule has 1 aromatic carbocycles. The van der Waals surface area contributed by atoms with Crippen molar-refractivity contribution in [1.29, 1.82) is 0 Å². The lowest BCUT2D eigenvalue weighted by atomic mass is 10.00. The molecule has 0 unspecified atom stereocenters. The van der Waals surface area contributed by atoms with Crippen molar-refractivity contribution in [2.24, 2.45) is 0 Å². The molecule has 0 fully saturated rings. The highest BCUT2D eigenvalue weighted by molar-refractivity contribution is 5.58. The van der Waals surface area contributed by atoms with Crippen molar-refractivity contribution in [2.75, 3.05) is 7.11 Å². The minimum atomic E-state index is -0.145. The fourth-order valence-corrected chi connectivity index (χ4v) is 2.41. The Morgan fingerprint density at radius 1 is 1.32 bits per heavy atom. The van der Waals surface area contributed by atoms with Crippen molar-refractivity contribution in [3.63, 3.8) is 0 Å². The van der Waals surface area contributed by atoms with Crippen LogP contribution in [0, 0.1) is 6.92 Å². The first-order valence-electron chi connectivity index (χ1n) is 7.58. The molecule has 1 heterocycles. The maximum Gasteiger partial charge on any atom is 0.240 e. The van der Waals surface area contributed by atoms with E-state index in [0.717, 1.165) is 17.5 Å². The summed E-state index contributed by atoms with van der Waals surface area (Å²) < 4.78 is 10.8. The van der Waals surface area contributed by atoms with E-state index in [4.69, 9.17) is 9.26 Å². The minimum absolute atomic E-state index is 0.145. The Hall–Kier alpha value is -1.72. The zero-order chi connectivity index (χ0) is 16.2. The zero-order valence-corrected chi connectivity index (χ0v) is 14.0. The van der Waals surface area contributed by atoms with Gasteiger partial charge in [0.05, 0.1) is 12.1 Å². The summed E-state index contributed by atoms with van der Waals surface area (Å²) in [5.41, 5.74) is 2.00. The van der Waals surface area contributed by atoms with Crippen LogP contribution in [0.5, 0.6) is 0 Å². The summed E-state index contributed by atoms with van der Waals surface area (Å²) in [6.07, 6.45) is 0.905. The molecule has 0 aliphatic heterocycles. The van der Waals surface area contributed by atoms with Crippen molar-refractivity contribution < 1.29 is 9.26 Å². The summed E-state index contributed by atoms with van der Waals surface area (Å²) >= 11 is 0. The van der Waals surface area contributed by atoms with E-state index < -0.39 is 0 Å². The first kappa shape index (κ1) is 16.6. The Labute approximate surface area is 132 Å². The van der Waals surface area contributed by atoms with Crippen LogP contribution >= 0.6 is 0 Å². The van der Waals surface area contributed by atoms with E-state index in [-0.39, 0.29) is 5.60 Å². The lowest BCUT2D eigenvalue weighted by molar-refractivity contribution is 0.00825. The largest absolute Gasteiger partial charge is 0.379 e. The molecule has 0 bridgehead atoms. The first-order chi connectivity index (χ1) is 10.4. The number of nitrogens with zero attached hydrogens (tertiary/aromatic N) is 2. The number of rotatable bonds is 7. The summed E-state index contributed by atoms with van der Waals surface area (Å²) in [4.78, 5) is 4.46. The minimum Gasteiger partial charge on any atom is -0.379 e. The Morgan fingerprint density at radius 2 is 2.05 bits per heavy atom. The molecule has 0 aliphatic carbocycles. The van der Waals surface area contributed by atoms with Gasteiger partial charge in [0.25, 0.3) is 0 Å². The molecule has 0 radical (unpaired) electrons. The average Bonchev–Trinajstić information content (AvgIpc) is 2.94. The van der Waals surface area contributed by atoms with Crippen LogP contribution in [0.4, 0.5) is 0 Å². The van der Waals surface area contributed by atoms with Crippen LogP contribution in [-0.2, 0) is 11.3 Å². The Kier molecular flexibility index (Phi) is 5.32. The van der Waals surface area contributed by atoms with Gasteiger partial charge in [-0.3, -0.25) is 0 Å². The molecule has 1 N–H and O–H groups in total. The molecular weight excluding hydrogens is 278 g/mol. The summed E-state index contributed by atoms with van der Waals surface area (Å²) in [7, 11) is 1.74. The number of nitrogens with one attached hydrogen (secondary N) is 1. The van der Waals surface area contributed by atoms with Crippen LogP contribution in [0.25, 0.3) is 11.4 Å². The molecule has 2 rings (SSSR count). The highest BCUT2D eigenvalue weighted by Gasteiger charge is 2.20. The van der Waals surface area contributed by atoms with Gasteiger partial charge in [0.15, 0.2) is 0 Å². The van der Waals surface area contributed by atoms with Crippen LogP contribution < -0.4 is 5.32 Å². The van der Waals surface area contributed by atoms with Crippen molar-refractivity contribution >= 4 is 0 Å². The van der Waals surface area contributed by atoms with Crippen molar-refractivity contribution in [3.8, 4) is 11.4 Å². The van der Waals surface area contributed by atoms with Gasteiger partial charge in [0.1, 0.15) is 0 Å². The van der Waals surface area contributed by atoms with Crippen molar-refractivity contribution in [1.82, 2.24) is 15.5 Å². The van der Waals surface area contributed by atoms with Crippen LogP contribution in [0.3, 0.4) is 0 Å². The number of aryl methyl sites for hydroxylation is 1. The average molecular weight is 303 g/mol. The third kappa shape index (κ3) is 4.39. The van der Waals surface area contributed by atoms with Crippen LogP contribution in [0.15, 0.2) is 28.8 Å². The van der Waals surface area contributed by atoms with Crippen LogP contribution in [0.2, 0.25) is 0 Å². The summed E-state index contributed by atoms with van der Waals surface area (Å²) in [6, 6.07) is 8.31. The van der Waals surface area contributed by atoms with Gasteiger partial charge in [0, 0.05) is 18.7 Å².